The minimum absolute atomic E-state index is 0.0656. The molecule has 0 saturated heterocycles. The number of hydrogen-bond donors (Lipinski definition) is 2. The number of thioether (sulfide) groups is 1. The van der Waals surface area contributed by atoms with Crippen LogP contribution in [0.3, 0.4) is 0 Å². The van der Waals surface area contributed by atoms with Crippen LogP contribution in [-0.2, 0) is 11.2 Å². The van der Waals surface area contributed by atoms with Gasteiger partial charge in [-0.3, -0.25) is 4.79 Å². The molecule has 0 spiro atoms. The molecular weight excluding hydrogens is 379 g/mol. The summed E-state index contributed by atoms with van der Waals surface area (Å²) in [5, 5.41) is 7.21. The molecule has 3 heterocycles. The molecule has 0 bridgehead atoms. The second kappa shape index (κ2) is 7.38. The van der Waals surface area contributed by atoms with Crippen LogP contribution < -0.4 is 11.1 Å². The molecule has 1 unspecified atom stereocenters. The van der Waals surface area contributed by atoms with Crippen LogP contribution in [0, 0.1) is 19.7 Å². The van der Waals surface area contributed by atoms with E-state index in [-0.39, 0.29) is 23.7 Å². The van der Waals surface area contributed by atoms with E-state index in [0.29, 0.717) is 23.5 Å². The zero-order chi connectivity index (χ0) is 19.8. The van der Waals surface area contributed by atoms with E-state index in [1.165, 1.54) is 17.8 Å². The highest BCUT2D eigenvalue weighted by Gasteiger charge is 2.24. The highest BCUT2D eigenvalue weighted by atomic mass is 32.2. The number of nitrogens with zero attached hydrogens (tertiary/aromatic N) is 4. The molecule has 146 valence electrons. The van der Waals surface area contributed by atoms with E-state index < -0.39 is 0 Å². The molecule has 0 saturated carbocycles. The topological polar surface area (TPSA) is 98.2 Å². The Labute approximate surface area is 165 Å². The number of rotatable bonds is 4. The highest BCUT2D eigenvalue weighted by molar-refractivity contribution is 7.99. The summed E-state index contributed by atoms with van der Waals surface area (Å²) in [7, 11) is 0. The molecule has 0 aliphatic carbocycles. The van der Waals surface area contributed by atoms with E-state index in [2.05, 4.69) is 20.4 Å². The third-order valence-corrected chi connectivity index (χ3v) is 6.19. The standard InChI is InChI=1S/C19H21FN6OS/c1-10-12(11(2)26-19(22-10)24-18(21)25-26)6-7-16(27)23-15-8-9-28-17-13(15)4-3-5-14(17)20/h3-5,15H,6-9H2,1-2H3,(H2,21,25)(H,23,27). The smallest absolute Gasteiger partial charge is 0.254 e. The molecule has 3 aromatic rings. The van der Waals surface area contributed by atoms with Gasteiger partial charge in [-0.25, -0.2) is 9.37 Å². The minimum Gasteiger partial charge on any atom is -0.366 e. The van der Waals surface area contributed by atoms with Crippen LogP contribution in [0.5, 0.6) is 0 Å². The van der Waals surface area contributed by atoms with Crippen LogP contribution in [-0.4, -0.2) is 31.2 Å². The van der Waals surface area contributed by atoms with Crippen LogP contribution >= 0.6 is 11.8 Å². The van der Waals surface area contributed by atoms with Crippen molar-refractivity contribution in [2.45, 2.75) is 44.0 Å². The van der Waals surface area contributed by atoms with Gasteiger partial charge in [-0.05, 0) is 43.9 Å². The number of aromatic nitrogens is 4. The Morgan fingerprint density at radius 3 is 3.04 bits per heavy atom. The minimum atomic E-state index is -0.223. The Morgan fingerprint density at radius 2 is 2.21 bits per heavy atom. The third kappa shape index (κ3) is 3.42. The van der Waals surface area contributed by atoms with Gasteiger partial charge in [0.05, 0.1) is 6.04 Å². The van der Waals surface area contributed by atoms with Crippen molar-refractivity contribution in [2.75, 3.05) is 11.5 Å². The Morgan fingerprint density at radius 1 is 1.39 bits per heavy atom. The van der Waals surface area contributed by atoms with Gasteiger partial charge < -0.3 is 11.1 Å². The lowest BCUT2D eigenvalue weighted by atomic mass is 10.0. The number of anilines is 1. The van der Waals surface area contributed by atoms with Crippen LogP contribution in [0.15, 0.2) is 23.1 Å². The van der Waals surface area contributed by atoms with Crippen molar-refractivity contribution in [1.82, 2.24) is 24.9 Å². The molecule has 1 amide bonds. The number of carbonyl (C=O) groups excluding carboxylic acids is 1. The Balaban J connectivity index is 1.48. The molecule has 9 heteroatoms. The summed E-state index contributed by atoms with van der Waals surface area (Å²) in [6.07, 6.45) is 1.63. The molecule has 1 aromatic carbocycles. The predicted octanol–water partition coefficient (Wildman–Crippen LogP) is 2.75. The fourth-order valence-corrected chi connectivity index (χ4v) is 4.77. The summed E-state index contributed by atoms with van der Waals surface area (Å²) in [6.45, 7) is 3.81. The van der Waals surface area contributed by atoms with Gasteiger partial charge in [0.25, 0.3) is 5.78 Å². The highest BCUT2D eigenvalue weighted by Crippen LogP contribution is 2.37. The van der Waals surface area contributed by atoms with Gasteiger partial charge in [-0.1, -0.05) is 12.1 Å². The molecule has 0 fully saturated rings. The van der Waals surface area contributed by atoms with E-state index in [1.54, 1.807) is 10.6 Å². The van der Waals surface area contributed by atoms with Crippen molar-refractivity contribution >= 4 is 29.4 Å². The predicted molar refractivity (Wildman–Crippen MR) is 106 cm³/mol. The van der Waals surface area contributed by atoms with Crippen LogP contribution in [0.2, 0.25) is 0 Å². The van der Waals surface area contributed by atoms with Gasteiger partial charge in [0.15, 0.2) is 0 Å². The van der Waals surface area contributed by atoms with E-state index in [4.69, 9.17) is 5.73 Å². The third-order valence-electron chi connectivity index (χ3n) is 5.03. The van der Waals surface area contributed by atoms with E-state index >= 15 is 0 Å². The number of benzene rings is 1. The zero-order valence-corrected chi connectivity index (χ0v) is 16.5. The van der Waals surface area contributed by atoms with Crippen LogP contribution in [0.25, 0.3) is 5.78 Å². The quantitative estimate of drug-likeness (QED) is 0.699. The van der Waals surface area contributed by atoms with Crippen molar-refractivity contribution in [3.8, 4) is 0 Å². The number of nitrogens with one attached hydrogen (secondary N) is 1. The second-order valence-corrected chi connectivity index (χ2v) is 7.96. The first kappa shape index (κ1) is 18.7. The first-order valence-corrected chi connectivity index (χ1v) is 10.1. The summed E-state index contributed by atoms with van der Waals surface area (Å²) < 4.78 is 15.6. The molecule has 1 aliphatic rings. The summed E-state index contributed by atoms with van der Waals surface area (Å²) >= 11 is 1.50. The number of carbonyl (C=O) groups is 1. The fraction of sp³-hybridized carbons (Fsp3) is 0.368. The maximum Gasteiger partial charge on any atom is 0.254 e. The van der Waals surface area contributed by atoms with Crippen molar-refractivity contribution in [3.63, 3.8) is 0 Å². The molecule has 28 heavy (non-hydrogen) atoms. The summed E-state index contributed by atoms with van der Waals surface area (Å²) in [4.78, 5) is 21.7. The number of fused-ring (bicyclic) bond motifs is 2. The first-order chi connectivity index (χ1) is 13.4. The molecule has 0 radical (unpaired) electrons. The molecule has 7 nitrogen and oxygen atoms in total. The monoisotopic (exact) mass is 400 g/mol. The number of nitrogen functional groups attached to an aromatic ring is 1. The van der Waals surface area contributed by atoms with E-state index in [9.17, 15) is 9.18 Å². The number of nitrogens with two attached hydrogens (primary N) is 1. The lowest BCUT2D eigenvalue weighted by molar-refractivity contribution is -0.121. The summed E-state index contributed by atoms with van der Waals surface area (Å²) in [6, 6.07) is 4.88. The van der Waals surface area contributed by atoms with Gasteiger partial charge in [-0.2, -0.15) is 9.50 Å². The van der Waals surface area contributed by atoms with Crippen molar-refractivity contribution in [1.29, 1.82) is 0 Å². The fourth-order valence-electron chi connectivity index (χ4n) is 3.63. The molecule has 2 aromatic heterocycles. The lowest BCUT2D eigenvalue weighted by Crippen LogP contribution is -2.31. The number of amides is 1. The number of halogens is 1. The second-order valence-electron chi connectivity index (χ2n) is 6.86. The summed E-state index contributed by atoms with van der Waals surface area (Å²) in [5.41, 5.74) is 9.16. The van der Waals surface area contributed by atoms with E-state index in [1.807, 2.05) is 19.9 Å². The first-order valence-electron chi connectivity index (χ1n) is 9.13. The maximum atomic E-state index is 14.0. The van der Waals surface area contributed by atoms with Gasteiger partial charge in [0.2, 0.25) is 11.9 Å². The maximum absolute atomic E-state index is 14.0. The van der Waals surface area contributed by atoms with Gasteiger partial charge in [0.1, 0.15) is 5.82 Å². The van der Waals surface area contributed by atoms with Crippen molar-refractivity contribution in [2.24, 2.45) is 0 Å². The Kier molecular flexibility index (Phi) is 4.92. The molecule has 3 N–H and O–H groups in total. The van der Waals surface area contributed by atoms with Crippen molar-refractivity contribution < 1.29 is 9.18 Å². The Bertz CT molecular complexity index is 1070. The zero-order valence-electron chi connectivity index (χ0n) is 15.7. The van der Waals surface area contributed by atoms with Crippen LogP contribution in [0.4, 0.5) is 10.3 Å². The molecule has 1 aliphatic heterocycles. The Hall–Kier alpha value is -2.68. The summed E-state index contributed by atoms with van der Waals surface area (Å²) in [5.74, 6) is 1.12. The van der Waals surface area contributed by atoms with Gasteiger partial charge >= 0.3 is 0 Å². The lowest BCUT2D eigenvalue weighted by Gasteiger charge is -2.26. The average Bonchev–Trinajstić information content (AvgIpc) is 3.03. The van der Waals surface area contributed by atoms with Crippen LogP contribution in [0.1, 0.15) is 41.4 Å². The molecular formula is C19H21FN6OS. The normalized spacial score (nSPS) is 16.2. The molecule has 1 atom stereocenters. The largest absolute Gasteiger partial charge is 0.366 e. The van der Waals surface area contributed by atoms with Crippen molar-refractivity contribution in [3.05, 3.63) is 46.5 Å². The SMILES string of the molecule is Cc1nc2nc(N)nn2c(C)c1CCC(=O)NC1CCSc2c(F)cccc21. The van der Waals surface area contributed by atoms with Gasteiger partial charge in [0, 0.05) is 28.5 Å². The van der Waals surface area contributed by atoms with E-state index in [0.717, 1.165) is 34.7 Å². The molecule has 4 rings (SSSR count). The van der Waals surface area contributed by atoms with Gasteiger partial charge in [-0.15, -0.1) is 16.9 Å². The number of aryl methyl sites for hydroxylation is 2. The number of hydrogen-bond acceptors (Lipinski definition) is 6. The average molecular weight is 400 g/mol.